The van der Waals surface area contributed by atoms with Gasteiger partial charge in [-0.1, -0.05) is 19.1 Å². The topological polar surface area (TPSA) is 54.0 Å². The van der Waals surface area contributed by atoms with E-state index in [1.54, 1.807) is 12.1 Å². The van der Waals surface area contributed by atoms with Crippen LogP contribution in [0.3, 0.4) is 0 Å². The molecule has 1 aromatic heterocycles. The van der Waals surface area contributed by atoms with Crippen molar-refractivity contribution in [1.82, 2.24) is 15.6 Å². The van der Waals surface area contributed by atoms with E-state index in [1.807, 2.05) is 5.38 Å². The van der Waals surface area contributed by atoms with Gasteiger partial charge in [0.15, 0.2) is 0 Å². The number of nitrogens with one attached hydrogen (secondary N) is 2. The van der Waals surface area contributed by atoms with Crippen molar-refractivity contribution < 1.29 is 9.18 Å². The molecular formula is C18H22FN3OS. The van der Waals surface area contributed by atoms with Crippen molar-refractivity contribution in [2.75, 3.05) is 13.1 Å². The van der Waals surface area contributed by atoms with Gasteiger partial charge in [-0.25, -0.2) is 9.37 Å². The molecule has 1 saturated heterocycles. The number of benzene rings is 1. The van der Waals surface area contributed by atoms with Gasteiger partial charge >= 0.3 is 0 Å². The van der Waals surface area contributed by atoms with E-state index in [1.165, 1.54) is 23.5 Å². The molecule has 1 aliphatic rings. The van der Waals surface area contributed by atoms with Gasteiger partial charge in [-0.3, -0.25) is 4.79 Å². The van der Waals surface area contributed by atoms with Gasteiger partial charge < -0.3 is 10.6 Å². The van der Waals surface area contributed by atoms with E-state index in [9.17, 15) is 9.18 Å². The van der Waals surface area contributed by atoms with Gasteiger partial charge in [0, 0.05) is 24.4 Å². The number of halogens is 1. The van der Waals surface area contributed by atoms with Crippen LogP contribution < -0.4 is 10.6 Å². The quantitative estimate of drug-likeness (QED) is 0.874. The summed E-state index contributed by atoms with van der Waals surface area (Å²) in [5.41, 5.74) is 1.81. The summed E-state index contributed by atoms with van der Waals surface area (Å²) in [6.45, 7) is 4.03. The summed E-state index contributed by atoms with van der Waals surface area (Å²) in [5, 5.41) is 9.29. The van der Waals surface area contributed by atoms with Gasteiger partial charge in [0.1, 0.15) is 5.82 Å². The maximum Gasteiger partial charge on any atom is 0.226 e. The Bertz CT molecular complexity index is 686. The second-order valence-corrected chi connectivity index (χ2v) is 7.30. The van der Waals surface area contributed by atoms with Crippen LogP contribution >= 0.6 is 11.3 Å². The van der Waals surface area contributed by atoms with Crippen LogP contribution in [0.15, 0.2) is 29.6 Å². The lowest BCUT2D eigenvalue weighted by Gasteiger charge is -2.30. The second-order valence-electron chi connectivity index (χ2n) is 6.36. The molecule has 0 radical (unpaired) electrons. The van der Waals surface area contributed by atoms with Crippen LogP contribution in [-0.2, 0) is 17.6 Å². The minimum absolute atomic E-state index is 0.0224. The number of carbonyl (C=O) groups excluding carboxylic acids is 1. The number of amides is 1. The highest BCUT2D eigenvalue weighted by Crippen LogP contribution is 2.16. The van der Waals surface area contributed by atoms with Crippen molar-refractivity contribution in [3.63, 3.8) is 0 Å². The minimum atomic E-state index is -0.235. The summed E-state index contributed by atoms with van der Waals surface area (Å²) >= 11 is 1.54. The van der Waals surface area contributed by atoms with Crippen LogP contribution in [0.5, 0.6) is 0 Å². The van der Waals surface area contributed by atoms with E-state index in [2.05, 4.69) is 22.5 Å². The first kappa shape index (κ1) is 17.0. The third-order valence-corrected chi connectivity index (χ3v) is 5.28. The summed E-state index contributed by atoms with van der Waals surface area (Å²) in [5.74, 6) is 0.288. The molecule has 2 aromatic rings. The monoisotopic (exact) mass is 347 g/mol. The van der Waals surface area contributed by atoms with Crippen molar-refractivity contribution >= 4 is 17.2 Å². The number of carbonyl (C=O) groups is 1. The Labute approximate surface area is 145 Å². The fraction of sp³-hybridized carbons (Fsp3) is 0.444. The Balaban J connectivity index is 1.53. The van der Waals surface area contributed by atoms with Gasteiger partial charge in [0.2, 0.25) is 5.91 Å². The van der Waals surface area contributed by atoms with E-state index in [-0.39, 0.29) is 17.8 Å². The smallest absolute Gasteiger partial charge is 0.226 e. The van der Waals surface area contributed by atoms with E-state index >= 15 is 0 Å². The summed E-state index contributed by atoms with van der Waals surface area (Å²) < 4.78 is 12.9. The van der Waals surface area contributed by atoms with Crippen LogP contribution in [0, 0.1) is 11.7 Å². The predicted molar refractivity (Wildman–Crippen MR) is 93.6 cm³/mol. The first-order chi connectivity index (χ1) is 11.6. The Morgan fingerprint density at radius 2 is 2.21 bits per heavy atom. The van der Waals surface area contributed by atoms with Crippen LogP contribution in [-0.4, -0.2) is 30.0 Å². The molecule has 2 heterocycles. The first-order valence-corrected chi connectivity index (χ1v) is 9.16. The lowest BCUT2D eigenvalue weighted by molar-refractivity contribution is -0.121. The lowest BCUT2D eigenvalue weighted by Crippen LogP contribution is -2.50. The van der Waals surface area contributed by atoms with Gasteiger partial charge in [0.05, 0.1) is 17.1 Å². The number of hydrogen-bond donors (Lipinski definition) is 2. The second kappa shape index (κ2) is 7.85. The van der Waals surface area contributed by atoms with Crippen LogP contribution in [0.1, 0.15) is 29.6 Å². The molecule has 4 nitrogen and oxygen atoms in total. The average molecular weight is 347 g/mol. The van der Waals surface area contributed by atoms with Crippen molar-refractivity contribution in [2.24, 2.45) is 5.92 Å². The van der Waals surface area contributed by atoms with Crippen molar-refractivity contribution in [3.8, 4) is 0 Å². The van der Waals surface area contributed by atoms with Gasteiger partial charge in [-0.05, 0) is 36.6 Å². The Morgan fingerprint density at radius 3 is 2.96 bits per heavy atom. The number of rotatable bonds is 5. The van der Waals surface area contributed by atoms with Crippen molar-refractivity contribution in [3.05, 3.63) is 51.7 Å². The van der Waals surface area contributed by atoms with Crippen molar-refractivity contribution in [2.45, 2.75) is 32.2 Å². The molecule has 1 amide bonds. The van der Waals surface area contributed by atoms with Crippen molar-refractivity contribution in [1.29, 1.82) is 0 Å². The molecule has 2 N–H and O–H groups in total. The van der Waals surface area contributed by atoms with E-state index in [0.717, 1.165) is 35.8 Å². The van der Waals surface area contributed by atoms with Crippen LogP contribution in [0.2, 0.25) is 0 Å². The first-order valence-electron chi connectivity index (χ1n) is 8.28. The van der Waals surface area contributed by atoms with Gasteiger partial charge in [-0.15, -0.1) is 11.3 Å². The molecule has 1 aliphatic heterocycles. The Hall–Kier alpha value is -1.79. The highest BCUT2D eigenvalue weighted by Gasteiger charge is 2.22. The molecular weight excluding hydrogens is 325 g/mol. The summed E-state index contributed by atoms with van der Waals surface area (Å²) in [7, 11) is 0. The zero-order chi connectivity index (χ0) is 16.9. The summed E-state index contributed by atoms with van der Waals surface area (Å²) in [4.78, 5) is 16.7. The molecule has 128 valence electrons. The van der Waals surface area contributed by atoms with E-state index in [4.69, 9.17) is 0 Å². The third-order valence-electron chi connectivity index (χ3n) is 4.38. The number of hydrogen-bond acceptors (Lipinski definition) is 4. The van der Waals surface area contributed by atoms with Crippen LogP contribution in [0.25, 0.3) is 0 Å². The third kappa shape index (κ3) is 4.61. The molecule has 0 aliphatic carbocycles. The number of piperidine rings is 1. The Kier molecular flexibility index (Phi) is 5.58. The van der Waals surface area contributed by atoms with Gasteiger partial charge in [-0.2, -0.15) is 0 Å². The molecule has 2 unspecified atom stereocenters. The highest BCUT2D eigenvalue weighted by molar-refractivity contribution is 7.09. The number of aromatic nitrogens is 1. The van der Waals surface area contributed by atoms with E-state index in [0.29, 0.717) is 18.8 Å². The minimum Gasteiger partial charge on any atom is -0.351 e. The molecule has 0 spiro atoms. The molecule has 1 fully saturated rings. The molecule has 0 saturated carbocycles. The van der Waals surface area contributed by atoms with E-state index < -0.39 is 0 Å². The zero-order valence-electron chi connectivity index (χ0n) is 13.7. The number of thiazole rings is 1. The fourth-order valence-electron chi connectivity index (χ4n) is 2.89. The SMILES string of the molecule is CC1CCNCC1NC(=O)Cc1csc(Cc2ccc(F)cc2)n1. The van der Waals surface area contributed by atoms with Crippen LogP contribution in [0.4, 0.5) is 4.39 Å². The molecule has 24 heavy (non-hydrogen) atoms. The molecule has 3 rings (SSSR count). The lowest BCUT2D eigenvalue weighted by atomic mass is 9.95. The largest absolute Gasteiger partial charge is 0.351 e. The highest BCUT2D eigenvalue weighted by atomic mass is 32.1. The maximum atomic E-state index is 12.9. The summed E-state index contributed by atoms with van der Waals surface area (Å²) in [6, 6.07) is 6.64. The summed E-state index contributed by atoms with van der Waals surface area (Å²) in [6.07, 6.45) is 2.06. The molecule has 2 atom stereocenters. The normalized spacial score (nSPS) is 20.8. The average Bonchev–Trinajstić information content (AvgIpc) is 2.99. The Morgan fingerprint density at radius 1 is 1.42 bits per heavy atom. The predicted octanol–water partition coefficient (Wildman–Crippen LogP) is 2.53. The van der Waals surface area contributed by atoms with Gasteiger partial charge in [0.25, 0.3) is 0 Å². The number of nitrogens with zero attached hydrogens (tertiary/aromatic N) is 1. The molecule has 6 heteroatoms. The fourth-order valence-corrected chi connectivity index (χ4v) is 3.72. The molecule has 1 aromatic carbocycles. The standard InChI is InChI=1S/C18H22FN3OS/c1-12-6-7-20-10-16(12)22-17(23)9-15-11-24-18(21-15)8-13-2-4-14(19)5-3-13/h2-5,11-12,16,20H,6-10H2,1H3,(H,22,23). The molecule has 0 bridgehead atoms. The maximum absolute atomic E-state index is 12.9. The zero-order valence-corrected chi connectivity index (χ0v) is 14.5.